The molecule has 0 radical (unpaired) electrons. The highest BCUT2D eigenvalue weighted by Crippen LogP contribution is 2.21. The Morgan fingerprint density at radius 3 is 2.42 bits per heavy atom. The van der Waals surface area contributed by atoms with Gasteiger partial charge in [-0.3, -0.25) is 0 Å². The highest BCUT2D eigenvalue weighted by Gasteiger charge is 2.26. The van der Waals surface area contributed by atoms with Gasteiger partial charge in [0.2, 0.25) is 5.79 Å². The Bertz CT molecular complexity index is 234. The quantitative estimate of drug-likeness (QED) is 0.630. The van der Waals surface area contributed by atoms with E-state index in [2.05, 4.69) is 9.97 Å². The maximum Gasteiger partial charge on any atom is 0.208 e. The van der Waals surface area contributed by atoms with Crippen LogP contribution >= 0.6 is 0 Å². The molecule has 0 aliphatic rings. The van der Waals surface area contributed by atoms with Crippen LogP contribution in [0.2, 0.25) is 0 Å². The lowest BCUT2D eigenvalue weighted by Crippen LogP contribution is -2.27. The monoisotopic (exact) mass is 168 g/mol. The van der Waals surface area contributed by atoms with Crippen molar-refractivity contribution in [2.75, 3.05) is 14.2 Å². The third-order valence-corrected chi connectivity index (χ3v) is 1.83. The number of rotatable bonds is 3. The Kier molecular flexibility index (Phi) is 2.73. The molecule has 1 rings (SSSR count). The largest absolute Gasteiger partial charge is 0.348 e. The van der Waals surface area contributed by atoms with Crippen LogP contribution in [0.4, 0.5) is 0 Å². The Hall–Kier alpha value is -1.00. The van der Waals surface area contributed by atoms with Gasteiger partial charge in [-0.2, -0.15) is 0 Å². The van der Waals surface area contributed by atoms with Gasteiger partial charge in [-0.25, -0.2) is 9.97 Å². The fraction of sp³-hybridized carbons (Fsp3) is 0.500. The van der Waals surface area contributed by atoms with Crippen LogP contribution in [-0.4, -0.2) is 24.2 Å². The summed E-state index contributed by atoms with van der Waals surface area (Å²) in [7, 11) is 3.15. The molecule has 0 aliphatic carbocycles. The first-order chi connectivity index (χ1) is 5.73. The van der Waals surface area contributed by atoms with Crippen molar-refractivity contribution in [2.24, 2.45) is 0 Å². The zero-order chi connectivity index (χ0) is 9.03. The van der Waals surface area contributed by atoms with Gasteiger partial charge in [-0.05, 0) is 13.0 Å². The second kappa shape index (κ2) is 3.60. The van der Waals surface area contributed by atoms with Gasteiger partial charge in [0.15, 0.2) is 0 Å². The number of nitrogens with zero attached hydrogens (tertiary/aromatic N) is 2. The molecule has 0 amide bonds. The van der Waals surface area contributed by atoms with Crippen molar-refractivity contribution in [2.45, 2.75) is 12.7 Å². The van der Waals surface area contributed by atoms with Gasteiger partial charge < -0.3 is 9.47 Å². The van der Waals surface area contributed by atoms with Crippen LogP contribution in [0.3, 0.4) is 0 Å². The standard InChI is InChI=1S/C8H12N2O2/c1-8(11-2,12-3)7-4-5-9-6-10-7/h4-6H,1-3H3. The molecule has 0 fully saturated rings. The van der Waals surface area contributed by atoms with Crippen LogP contribution in [0.15, 0.2) is 18.6 Å². The molecule has 0 saturated carbocycles. The Balaban J connectivity index is 2.95. The maximum atomic E-state index is 5.16. The van der Waals surface area contributed by atoms with Crippen molar-refractivity contribution in [3.8, 4) is 0 Å². The van der Waals surface area contributed by atoms with Crippen molar-refractivity contribution in [3.63, 3.8) is 0 Å². The fourth-order valence-electron chi connectivity index (χ4n) is 0.852. The summed E-state index contributed by atoms with van der Waals surface area (Å²) in [5, 5.41) is 0. The van der Waals surface area contributed by atoms with E-state index in [4.69, 9.17) is 9.47 Å². The maximum absolute atomic E-state index is 5.16. The van der Waals surface area contributed by atoms with Gasteiger partial charge in [0.1, 0.15) is 12.0 Å². The van der Waals surface area contributed by atoms with E-state index in [0.717, 1.165) is 0 Å². The molecule has 1 heterocycles. The lowest BCUT2D eigenvalue weighted by Gasteiger charge is -2.24. The number of methoxy groups -OCH3 is 2. The molecule has 4 heteroatoms. The summed E-state index contributed by atoms with van der Waals surface area (Å²) in [5.41, 5.74) is 0.711. The van der Waals surface area contributed by atoms with Crippen molar-refractivity contribution in [3.05, 3.63) is 24.3 Å². The third kappa shape index (κ3) is 1.60. The summed E-state index contributed by atoms with van der Waals surface area (Å²) in [5.74, 6) is -0.775. The second-order valence-electron chi connectivity index (χ2n) is 2.45. The fourth-order valence-corrected chi connectivity index (χ4v) is 0.852. The smallest absolute Gasteiger partial charge is 0.208 e. The van der Waals surface area contributed by atoms with Gasteiger partial charge in [0.25, 0.3) is 0 Å². The molecule has 0 saturated heterocycles. The van der Waals surface area contributed by atoms with Gasteiger partial charge in [0, 0.05) is 20.4 Å². The summed E-state index contributed by atoms with van der Waals surface area (Å²) in [6, 6.07) is 1.76. The van der Waals surface area contributed by atoms with E-state index < -0.39 is 5.79 Å². The molecular weight excluding hydrogens is 156 g/mol. The normalized spacial score (nSPS) is 11.6. The van der Waals surface area contributed by atoms with Gasteiger partial charge in [0.05, 0.1) is 0 Å². The number of ether oxygens (including phenoxy) is 2. The highest BCUT2D eigenvalue weighted by atomic mass is 16.7. The van der Waals surface area contributed by atoms with Crippen LogP contribution in [0.1, 0.15) is 12.6 Å². The van der Waals surface area contributed by atoms with Crippen molar-refractivity contribution in [1.29, 1.82) is 0 Å². The molecule has 66 valence electrons. The summed E-state index contributed by atoms with van der Waals surface area (Å²) in [6.45, 7) is 1.80. The van der Waals surface area contributed by atoms with E-state index in [-0.39, 0.29) is 0 Å². The minimum absolute atomic E-state index is 0.711. The van der Waals surface area contributed by atoms with E-state index in [1.54, 1.807) is 33.4 Å². The highest BCUT2D eigenvalue weighted by molar-refractivity contribution is 5.04. The minimum atomic E-state index is -0.775. The average Bonchev–Trinajstić information content (AvgIpc) is 2.18. The molecule has 0 atom stereocenters. The molecule has 0 bridgehead atoms. The Morgan fingerprint density at radius 1 is 1.33 bits per heavy atom. The van der Waals surface area contributed by atoms with E-state index in [1.165, 1.54) is 6.33 Å². The van der Waals surface area contributed by atoms with E-state index >= 15 is 0 Å². The van der Waals surface area contributed by atoms with Crippen LogP contribution in [0.5, 0.6) is 0 Å². The first kappa shape index (κ1) is 9.09. The van der Waals surface area contributed by atoms with E-state index in [0.29, 0.717) is 5.69 Å². The first-order valence-corrected chi connectivity index (χ1v) is 3.59. The average molecular weight is 168 g/mol. The molecule has 0 spiro atoms. The summed E-state index contributed by atoms with van der Waals surface area (Å²) < 4.78 is 10.3. The van der Waals surface area contributed by atoms with Crippen molar-refractivity contribution < 1.29 is 9.47 Å². The van der Waals surface area contributed by atoms with Crippen molar-refractivity contribution in [1.82, 2.24) is 9.97 Å². The molecule has 0 aliphatic heterocycles. The van der Waals surface area contributed by atoms with Gasteiger partial charge in [-0.15, -0.1) is 0 Å². The van der Waals surface area contributed by atoms with E-state index in [9.17, 15) is 0 Å². The predicted octanol–water partition coefficient (Wildman–Crippen LogP) is 0.942. The summed E-state index contributed by atoms with van der Waals surface area (Å²) >= 11 is 0. The first-order valence-electron chi connectivity index (χ1n) is 3.59. The Morgan fingerprint density at radius 2 is 2.00 bits per heavy atom. The molecule has 0 unspecified atom stereocenters. The topological polar surface area (TPSA) is 44.2 Å². The lowest BCUT2D eigenvalue weighted by molar-refractivity contribution is -0.204. The number of hydrogen-bond donors (Lipinski definition) is 0. The SMILES string of the molecule is COC(C)(OC)c1ccncn1. The molecule has 1 aromatic rings. The number of hydrogen-bond acceptors (Lipinski definition) is 4. The molecule has 4 nitrogen and oxygen atoms in total. The van der Waals surface area contributed by atoms with E-state index in [1.807, 2.05) is 0 Å². The Labute approximate surface area is 71.6 Å². The lowest BCUT2D eigenvalue weighted by atomic mass is 10.2. The molecule has 12 heavy (non-hydrogen) atoms. The third-order valence-electron chi connectivity index (χ3n) is 1.83. The van der Waals surface area contributed by atoms with Gasteiger partial charge in [-0.1, -0.05) is 0 Å². The predicted molar refractivity (Wildman–Crippen MR) is 43.4 cm³/mol. The summed E-state index contributed by atoms with van der Waals surface area (Å²) in [6.07, 6.45) is 3.12. The zero-order valence-corrected chi connectivity index (χ0v) is 7.44. The van der Waals surface area contributed by atoms with Crippen molar-refractivity contribution >= 4 is 0 Å². The van der Waals surface area contributed by atoms with Crippen LogP contribution in [-0.2, 0) is 15.3 Å². The molecule has 0 aromatic carbocycles. The molecule has 0 N–H and O–H groups in total. The zero-order valence-electron chi connectivity index (χ0n) is 7.44. The van der Waals surface area contributed by atoms with Gasteiger partial charge >= 0.3 is 0 Å². The molecular formula is C8H12N2O2. The van der Waals surface area contributed by atoms with Crippen LogP contribution in [0.25, 0.3) is 0 Å². The molecule has 1 aromatic heterocycles. The minimum Gasteiger partial charge on any atom is -0.348 e. The summed E-state index contributed by atoms with van der Waals surface area (Å²) in [4.78, 5) is 7.84. The van der Waals surface area contributed by atoms with Crippen LogP contribution in [0, 0.1) is 0 Å². The van der Waals surface area contributed by atoms with Crippen LogP contribution < -0.4 is 0 Å². The number of aromatic nitrogens is 2. The second-order valence-corrected chi connectivity index (χ2v) is 2.45.